The van der Waals surface area contributed by atoms with Crippen molar-refractivity contribution in [1.82, 2.24) is 19.1 Å². The van der Waals surface area contributed by atoms with E-state index in [1.165, 1.54) is 34.4 Å². The molecule has 7 nitrogen and oxygen atoms in total. The van der Waals surface area contributed by atoms with Gasteiger partial charge in [-0.1, -0.05) is 11.3 Å². The molecule has 132 valence electrons. The number of benzene rings is 1. The summed E-state index contributed by atoms with van der Waals surface area (Å²) in [5.41, 5.74) is 2.08. The summed E-state index contributed by atoms with van der Waals surface area (Å²) in [6.45, 7) is 1.71. The molecule has 0 saturated heterocycles. The highest BCUT2D eigenvalue weighted by molar-refractivity contribution is 7.22. The molecule has 1 N–H and O–H groups in total. The van der Waals surface area contributed by atoms with Crippen LogP contribution in [0.2, 0.25) is 0 Å². The number of amides is 1. The first kappa shape index (κ1) is 16.4. The van der Waals surface area contributed by atoms with Crippen molar-refractivity contribution < 1.29 is 9.18 Å². The Kier molecular flexibility index (Phi) is 3.80. The minimum atomic E-state index is -0.323. The van der Waals surface area contributed by atoms with Crippen LogP contribution in [0.25, 0.3) is 21.4 Å². The third-order valence-corrected chi connectivity index (χ3v) is 5.05. The number of carbonyl (C=O) groups is 1. The average molecular weight is 371 g/mol. The summed E-state index contributed by atoms with van der Waals surface area (Å²) < 4.78 is 17.5. The predicted molar refractivity (Wildman–Crippen MR) is 97.9 cm³/mol. The van der Waals surface area contributed by atoms with E-state index < -0.39 is 0 Å². The fraction of sp³-hybridized carbons (Fsp3) is 0.176. The second-order valence-corrected chi connectivity index (χ2v) is 6.98. The first-order chi connectivity index (χ1) is 12.4. The Bertz CT molecular complexity index is 1180. The summed E-state index contributed by atoms with van der Waals surface area (Å²) in [6.07, 6.45) is 1.51. The Labute approximate surface area is 150 Å². The Morgan fingerprint density at radius 3 is 2.96 bits per heavy atom. The number of nitrogens with one attached hydrogen (secondary N) is 1. The normalized spacial score (nSPS) is 11.3. The summed E-state index contributed by atoms with van der Waals surface area (Å²) in [5.74, 6) is -0.606. The summed E-state index contributed by atoms with van der Waals surface area (Å²) in [6, 6.07) is 6.15. The van der Waals surface area contributed by atoms with Crippen molar-refractivity contribution in [3.05, 3.63) is 52.3 Å². The van der Waals surface area contributed by atoms with Gasteiger partial charge in [-0.2, -0.15) is 0 Å². The van der Waals surface area contributed by atoms with E-state index in [9.17, 15) is 14.0 Å². The largest absolute Gasteiger partial charge is 0.320 e. The number of carbonyl (C=O) groups excluding carboxylic acids is 1. The van der Waals surface area contributed by atoms with Gasteiger partial charge >= 0.3 is 0 Å². The Morgan fingerprint density at radius 2 is 2.15 bits per heavy atom. The molecule has 0 fully saturated rings. The zero-order valence-electron chi connectivity index (χ0n) is 14.0. The molecule has 0 aliphatic rings. The zero-order valence-corrected chi connectivity index (χ0v) is 14.8. The van der Waals surface area contributed by atoms with E-state index in [2.05, 4.69) is 15.3 Å². The molecule has 3 aromatic heterocycles. The molecular formula is C17H14FN5O2S. The van der Waals surface area contributed by atoms with Gasteiger partial charge in [-0.25, -0.2) is 14.4 Å². The van der Waals surface area contributed by atoms with Crippen molar-refractivity contribution in [1.29, 1.82) is 0 Å². The number of rotatable bonds is 3. The standard InChI is InChI=1S/C17H14FN5O2S/c1-9-5-13-11(6-10(9)18)20-17(26-13)21-14(24)7-23-8-19-16-12(23)3-4-15(25)22(16)2/h3-6,8H,7H2,1-2H3,(H,20,21,24). The van der Waals surface area contributed by atoms with Gasteiger partial charge in [0.15, 0.2) is 10.8 Å². The van der Waals surface area contributed by atoms with Crippen molar-refractivity contribution in [2.24, 2.45) is 7.05 Å². The summed E-state index contributed by atoms with van der Waals surface area (Å²) in [5, 5.41) is 3.14. The maximum absolute atomic E-state index is 13.6. The lowest BCUT2D eigenvalue weighted by atomic mass is 10.2. The monoisotopic (exact) mass is 371 g/mol. The van der Waals surface area contributed by atoms with Crippen LogP contribution < -0.4 is 10.9 Å². The number of imidazole rings is 1. The van der Waals surface area contributed by atoms with Crippen LogP contribution in [-0.4, -0.2) is 25.0 Å². The van der Waals surface area contributed by atoms with E-state index in [1.807, 2.05) is 0 Å². The molecule has 0 aliphatic heterocycles. The maximum Gasteiger partial charge on any atom is 0.252 e. The molecule has 1 amide bonds. The van der Waals surface area contributed by atoms with E-state index in [4.69, 9.17) is 0 Å². The Hall–Kier alpha value is -3.07. The van der Waals surface area contributed by atoms with E-state index in [0.29, 0.717) is 27.4 Å². The molecule has 9 heteroatoms. The zero-order chi connectivity index (χ0) is 18.4. The highest BCUT2D eigenvalue weighted by Gasteiger charge is 2.13. The number of fused-ring (bicyclic) bond motifs is 2. The van der Waals surface area contributed by atoms with Crippen molar-refractivity contribution in [3.63, 3.8) is 0 Å². The number of hydrogen-bond acceptors (Lipinski definition) is 5. The Morgan fingerprint density at radius 1 is 1.35 bits per heavy atom. The number of thiazole rings is 1. The quantitative estimate of drug-likeness (QED) is 0.600. The average Bonchev–Trinajstić information content (AvgIpc) is 3.15. The number of nitrogens with zero attached hydrogens (tertiary/aromatic N) is 4. The highest BCUT2D eigenvalue weighted by Crippen LogP contribution is 2.28. The van der Waals surface area contributed by atoms with Crippen molar-refractivity contribution in [2.45, 2.75) is 13.5 Å². The molecule has 1 aromatic carbocycles. The minimum absolute atomic E-state index is 0.0258. The molecular weight excluding hydrogens is 357 g/mol. The van der Waals surface area contributed by atoms with Crippen LogP contribution in [0, 0.1) is 12.7 Å². The molecule has 0 aliphatic carbocycles. The van der Waals surface area contributed by atoms with Gasteiger partial charge in [0, 0.05) is 19.2 Å². The van der Waals surface area contributed by atoms with Crippen LogP contribution in [0.1, 0.15) is 5.56 Å². The second-order valence-electron chi connectivity index (χ2n) is 5.95. The molecule has 0 radical (unpaired) electrons. The molecule has 4 rings (SSSR count). The van der Waals surface area contributed by atoms with Gasteiger partial charge in [0.25, 0.3) is 5.56 Å². The van der Waals surface area contributed by atoms with Crippen LogP contribution >= 0.6 is 11.3 Å². The molecule has 0 saturated carbocycles. The lowest BCUT2D eigenvalue weighted by Gasteiger charge is -2.04. The summed E-state index contributed by atoms with van der Waals surface area (Å²) in [7, 11) is 1.63. The van der Waals surface area contributed by atoms with Gasteiger partial charge in [0.2, 0.25) is 5.91 Å². The summed E-state index contributed by atoms with van der Waals surface area (Å²) in [4.78, 5) is 32.4. The van der Waals surface area contributed by atoms with Crippen LogP contribution in [0.15, 0.2) is 35.4 Å². The number of aryl methyl sites for hydroxylation is 2. The van der Waals surface area contributed by atoms with E-state index >= 15 is 0 Å². The lowest BCUT2D eigenvalue weighted by Crippen LogP contribution is -2.19. The van der Waals surface area contributed by atoms with Crippen molar-refractivity contribution in [2.75, 3.05) is 5.32 Å². The van der Waals surface area contributed by atoms with E-state index in [0.717, 1.165) is 4.70 Å². The van der Waals surface area contributed by atoms with Crippen LogP contribution in [0.5, 0.6) is 0 Å². The summed E-state index contributed by atoms with van der Waals surface area (Å²) >= 11 is 1.29. The number of aromatic nitrogens is 4. The highest BCUT2D eigenvalue weighted by atomic mass is 32.1. The minimum Gasteiger partial charge on any atom is -0.320 e. The van der Waals surface area contributed by atoms with E-state index in [-0.39, 0.29) is 23.8 Å². The second kappa shape index (κ2) is 6.03. The smallest absolute Gasteiger partial charge is 0.252 e. The predicted octanol–water partition coefficient (Wildman–Crippen LogP) is 2.43. The number of halogens is 1. The molecule has 26 heavy (non-hydrogen) atoms. The van der Waals surface area contributed by atoms with Gasteiger partial charge in [-0.3, -0.25) is 14.2 Å². The van der Waals surface area contributed by atoms with Crippen molar-refractivity contribution in [3.8, 4) is 0 Å². The van der Waals surface area contributed by atoms with Crippen LogP contribution in [0.3, 0.4) is 0 Å². The molecule has 3 heterocycles. The van der Waals surface area contributed by atoms with Gasteiger partial charge in [0.05, 0.1) is 22.1 Å². The van der Waals surface area contributed by atoms with Gasteiger partial charge in [-0.15, -0.1) is 0 Å². The third kappa shape index (κ3) is 2.76. The number of anilines is 1. The van der Waals surface area contributed by atoms with Crippen molar-refractivity contribution >= 4 is 43.8 Å². The molecule has 4 aromatic rings. The molecule has 0 bridgehead atoms. The van der Waals surface area contributed by atoms with Gasteiger partial charge in [-0.05, 0) is 24.6 Å². The van der Waals surface area contributed by atoms with Crippen LogP contribution in [-0.2, 0) is 18.4 Å². The molecule has 0 unspecified atom stereocenters. The molecule has 0 spiro atoms. The fourth-order valence-corrected chi connectivity index (χ4v) is 3.68. The SMILES string of the molecule is Cc1cc2sc(NC(=O)Cn3cnc4c3ccc(=O)n4C)nc2cc1F. The lowest BCUT2D eigenvalue weighted by molar-refractivity contribution is -0.116. The first-order valence-electron chi connectivity index (χ1n) is 7.80. The third-order valence-electron chi connectivity index (χ3n) is 4.12. The van der Waals surface area contributed by atoms with Gasteiger partial charge in [0.1, 0.15) is 12.4 Å². The fourth-order valence-electron chi connectivity index (χ4n) is 2.72. The first-order valence-corrected chi connectivity index (χ1v) is 8.61. The number of pyridine rings is 1. The van der Waals surface area contributed by atoms with Gasteiger partial charge < -0.3 is 9.88 Å². The number of hydrogen-bond donors (Lipinski definition) is 1. The topological polar surface area (TPSA) is 81.8 Å². The molecule has 0 atom stereocenters. The van der Waals surface area contributed by atoms with Crippen LogP contribution in [0.4, 0.5) is 9.52 Å². The Balaban J connectivity index is 1.58. The maximum atomic E-state index is 13.6. The van der Waals surface area contributed by atoms with E-state index in [1.54, 1.807) is 30.7 Å².